The number of hydrogen-bond acceptors (Lipinski definition) is 5. The Morgan fingerprint density at radius 3 is 2.48 bits per heavy atom. The summed E-state index contributed by atoms with van der Waals surface area (Å²) in [5, 5.41) is 9.34. The molecular formula is C19H18F2N4OS. The monoisotopic (exact) mass is 388 g/mol. The van der Waals surface area contributed by atoms with Crippen LogP contribution in [0.5, 0.6) is 0 Å². The Morgan fingerprint density at radius 2 is 1.74 bits per heavy atom. The fourth-order valence-electron chi connectivity index (χ4n) is 2.89. The topological polar surface area (TPSA) is 43.2 Å². The molecule has 2 aromatic carbocycles. The molecule has 1 aromatic heterocycles. The molecule has 0 bridgehead atoms. The first-order chi connectivity index (χ1) is 13.2. The second-order valence-corrected chi connectivity index (χ2v) is 7.05. The SMILES string of the molecule is Fc1ccc(CSc2nnc(N3CCOCC3)n2-c2cccc(F)c2)cc1. The van der Waals surface area contributed by atoms with Crippen LogP contribution in [-0.4, -0.2) is 41.1 Å². The lowest BCUT2D eigenvalue weighted by molar-refractivity contribution is 0.122. The minimum absolute atomic E-state index is 0.263. The summed E-state index contributed by atoms with van der Waals surface area (Å²) in [5.41, 5.74) is 1.64. The van der Waals surface area contributed by atoms with Crippen LogP contribution in [0.4, 0.5) is 14.7 Å². The van der Waals surface area contributed by atoms with Crippen molar-refractivity contribution >= 4 is 17.7 Å². The van der Waals surface area contributed by atoms with Crippen LogP contribution in [0.3, 0.4) is 0 Å². The van der Waals surface area contributed by atoms with E-state index in [-0.39, 0.29) is 11.6 Å². The zero-order valence-electron chi connectivity index (χ0n) is 14.5. The first kappa shape index (κ1) is 17.9. The van der Waals surface area contributed by atoms with Crippen molar-refractivity contribution in [3.05, 3.63) is 65.7 Å². The van der Waals surface area contributed by atoms with Gasteiger partial charge in [-0.1, -0.05) is 30.0 Å². The number of aromatic nitrogens is 3. The summed E-state index contributed by atoms with van der Waals surface area (Å²) in [5.74, 6) is 0.701. The van der Waals surface area contributed by atoms with Crippen LogP contribution < -0.4 is 4.90 Å². The quantitative estimate of drug-likeness (QED) is 0.624. The van der Waals surface area contributed by atoms with Crippen LogP contribution in [-0.2, 0) is 10.5 Å². The lowest BCUT2D eigenvalue weighted by atomic mass is 10.2. The van der Waals surface area contributed by atoms with Gasteiger partial charge < -0.3 is 9.64 Å². The molecule has 27 heavy (non-hydrogen) atoms. The molecular weight excluding hydrogens is 370 g/mol. The summed E-state index contributed by atoms with van der Waals surface area (Å²) in [6.07, 6.45) is 0. The average molecular weight is 388 g/mol. The molecule has 3 aromatic rings. The molecule has 0 saturated carbocycles. The normalized spacial score (nSPS) is 14.5. The van der Waals surface area contributed by atoms with Crippen molar-refractivity contribution in [1.29, 1.82) is 0 Å². The van der Waals surface area contributed by atoms with Crippen molar-refractivity contribution in [2.24, 2.45) is 0 Å². The lowest BCUT2D eigenvalue weighted by Gasteiger charge is -2.27. The first-order valence-electron chi connectivity index (χ1n) is 8.62. The van der Waals surface area contributed by atoms with Crippen LogP contribution in [0.2, 0.25) is 0 Å². The molecule has 0 aliphatic carbocycles. The van der Waals surface area contributed by atoms with Gasteiger partial charge in [0.25, 0.3) is 0 Å². The number of hydrogen-bond donors (Lipinski definition) is 0. The van der Waals surface area contributed by atoms with Crippen LogP contribution >= 0.6 is 11.8 Å². The summed E-state index contributed by atoms with van der Waals surface area (Å²) >= 11 is 1.48. The third kappa shape index (κ3) is 4.12. The summed E-state index contributed by atoms with van der Waals surface area (Å²) in [6.45, 7) is 2.65. The zero-order valence-corrected chi connectivity index (χ0v) is 15.3. The Kier molecular flexibility index (Phi) is 5.35. The second kappa shape index (κ2) is 8.06. The molecule has 1 aliphatic heterocycles. The van der Waals surface area contributed by atoms with E-state index < -0.39 is 0 Å². The molecule has 8 heteroatoms. The summed E-state index contributed by atoms with van der Waals surface area (Å²) in [4.78, 5) is 2.09. The summed E-state index contributed by atoms with van der Waals surface area (Å²) in [7, 11) is 0. The van der Waals surface area contributed by atoms with Crippen molar-refractivity contribution in [2.75, 3.05) is 31.2 Å². The zero-order chi connectivity index (χ0) is 18.6. The Morgan fingerprint density at radius 1 is 0.963 bits per heavy atom. The molecule has 140 valence electrons. The molecule has 5 nitrogen and oxygen atoms in total. The van der Waals surface area contributed by atoms with E-state index in [1.165, 1.54) is 36.0 Å². The smallest absolute Gasteiger partial charge is 0.232 e. The Hall–Kier alpha value is -2.45. The minimum Gasteiger partial charge on any atom is -0.378 e. The molecule has 4 rings (SSSR count). The fraction of sp³-hybridized carbons (Fsp3) is 0.263. The second-order valence-electron chi connectivity index (χ2n) is 6.11. The Balaban J connectivity index is 1.65. The summed E-state index contributed by atoms with van der Waals surface area (Å²) < 4.78 is 34.2. The largest absolute Gasteiger partial charge is 0.378 e. The van der Waals surface area contributed by atoms with Gasteiger partial charge in [0.1, 0.15) is 11.6 Å². The van der Waals surface area contributed by atoms with Gasteiger partial charge in [-0.25, -0.2) is 8.78 Å². The highest BCUT2D eigenvalue weighted by Gasteiger charge is 2.22. The van der Waals surface area contributed by atoms with Crippen LogP contribution in [0.15, 0.2) is 53.7 Å². The molecule has 1 fully saturated rings. The molecule has 0 N–H and O–H groups in total. The van der Waals surface area contributed by atoms with Crippen LogP contribution in [0.1, 0.15) is 5.56 Å². The Bertz CT molecular complexity index is 910. The highest BCUT2D eigenvalue weighted by Crippen LogP contribution is 2.29. The van der Waals surface area contributed by atoms with Crippen molar-refractivity contribution in [3.63, 3.8) is 0 Å². The number of ether oxygens (including phenoxy) is 1. The maximum Gasteiger partial charge on any atom is 0.232 e. The molecule has 1 aliphatic rings. The van der Waals surface area contributed by atoms with E-state index in [9.17, 15) is 8.78 Å². The molecule has 0 atom stereocenters. The predicted molar refractivity (Wildman–Crippen MR) is 100 cm³/mol. The first-order valence-corrected chi connectivity index (χ1v) is 9.60. The van der Waals surface area contributed by atoms with Gasteiger partial charge in [-0.15, -0.1) is 10.2 Å². The van der Waals surface area contributed by atoms with E-state index in [0.29, 0.717) is 48.8 Å². The molecule has 1 saturated heterocycles. The van der Waals surface area contributed by atoms with Crippen molar-refractivity contribution < 1.29 is 13.5 Å². The maximum absolute atomic E-state index is 13.8. The number of thioether (sulfide) groups is 1. The van der Waals surface area contributed by atoms with Gasteiger partial charge >= 0.3 is 0 Å². The van der Waals surface area contributed by atoms with Crippen molar-refractivity contribution in [3.8, 4) is 5.69 Å². The predicted octanol–water partition coefficient (Wildman–Crippen LogP) is 3.67. The number of morpholine rings is 1. The van der Waals surface area contributed by atoms with Gasteiger partial charge in [0.2, 0.25) is 5.95 Å². The number of rotatable bonds is 5. The van der Waals surface area contributed by atoms with Crippen LogP contribution in [0, 0.1) is 11.6 Å². The van der Waals surface area contributed by atoms with E-state index in [4.69, 9.17) is 4.74 Å². The standard InChI is InChI=1S/C19H18F2N4OS/c20-15-6-4-14(5-7-15)13-27-19-23-22-18(24-8-10-26-11-9-24)25(19)17-3-1-2-16(21)12-17/h1-7,12H,8-11,13H2. The van der Waals surface area contributed by atoms with Gasteiger partial charge in [0.15, 0.2) is 5.16 Å². The van der Waals surface area contributed by atoms with Crippen molar-refractivity contribution in [1.82, 2.24) is 14.8 Å². The average Bonchev–Trinajstić information content (AvgIpc) is 3.12. The van der Waals surface area contributed by atoms with Gasteiger partial charge in [-0.05, 0) is 35.9 Å². The fourth-order valence-corrected chi connectivity index (χ4v) is 3.80. The van der Waals surface area contributed by atoms with E-state index >= 15 is 0 Å². The van der Waals surface area contributed by atoms with E-state index in [1.807, 2.05) is 10.6 Å². The Labute approximate surface area is 160 Å². The molecule has 0 amide bonds. The maximum atomic E-state index is 13.8. The third-order valence-corrected chi connectivity index (χ3v) is 5.26. The highest BCUT2D eigenvalue weighted by molar-refractivity contribution is 7.98. The number of halogens is 2. The molecule has 2 heterocycles. The van der Waals surface area contributed by atoms with Gasteiger partial charge in [-0.2, -0.15) is 0 Å². The highest BCUT2D eigenvalue weighted by atomic mass is 32.2. The van der Waals surface area contributed by atoms with E-state index in [1.54, 1.807) is 18.2 Å². The van der Waals surface area contributed by atoms with E-state index in [0.717, 1.165) is 5.56 Å². The number of anilines is 1. The van der Waals surface area contributed by atoms with E-state index in [2.05, 4.69) is 15.1 Å². The van der Waals surface area contributed by atoms with Crippen molar-refractivity contribution in [2.45, 2.75) is 10.9 Å². The van der Waals surface area contributed by atoms with Gasteiger partial charge in [0.05, 0.1) is 18.9 Å². The number of nitrogens with zero attached hydrogens (tertiary/aromatic N) is 4. The summed E-state index contributed by atoms with van der Waals surface area (Å²) in [6, 6.07) is 12.7. The lowest BCUT2D eigenvalue weighted by Crippen LogP contribution is -2.37. The minimum atomic E-state index is -0.316. The third-order valence-electron chi connectivity index (χ3n) is 4.26. The number of benzene rings is 2. The molecule has 0 radical (unpaired) electrons. The molecule has 0 unspecified atom stereocenters. The molecule has 0 spiro atoms. The van der Waals surface area contributed by atoms with Gasteiger partial charge in [0, 0.05) is 18.8 Å². The van der Waals surface area contributed by atoms with Gasteiger partial charge in [-0.3, -0.25) is 4.57 Å². The van der Waals surface area contributed by atoms with Crippen LogP contribution in [0.25, 0.3) is 5.69 Å².